The molecule has 2 aromatic rings. The highest BCUT2D eigenvalue weighted by Gasteiger charge is 2.11. The van der Waals surface area contributed by atoms with E-state index in [4.69, 9.17) is 4.74 Å². The highest BCUT2D eigenvalue weighted by Crippen LogP contribution is 2.25. The van der Waals surface area contributed by atoms with Gasteiger partial charge in [0.2, 0.25) is 0 Å². The molecule has 138 valence electrons. The number of halogens is 2. The van der Waals surface area contributed by atoms with E-state index < -0.39 is 0 Å². The summed E-state index contributed by atoms with van der Waals surface area (Å²) < 4.78 is 19.0. The molecule has 0 spiro atoms. The number of carbonyl (C=O) groups is 1. The van der Waals surface area contributed by atoms with Crippen molar-refractivity contribution in [2.24, 2.45) is 0 Å². The van der Waals surface area contributed by atoms with Crippen molar-refractivity contribution in [2.45, 2.75) is 25.7 Å². The van der Waals surface area contributed by atoms with Crippen molar-refractivity contribution in [3.8, 4) is 5.75 Å². The summed E-state index contributed by atoms with van der Waals surface area (Å²) in [4.78, 5) is 14.5. The lowest BCUT2D eigenvalue weighted by Gasteiger charge is -2.22. The molecule has 0 atom stereocenters. The Hall–Kier alpha value is -2.08. The molecule has 0 radical (unpaired) electrons. The van der Waals surface area contributed by atoms with Crippen LogP contribution in [-0.4, -0.2) is 25.6 Å². The van der Waals surface area contributed by atoms with Gasteiger partial charge in [0, 0.05) is 24.5 Å². The maximum atomic E-state index is 13.1. The van der Waals surface area contributed by atoms with E-state index in [0.29, 0.717) is 10.2 Å². The van der Waals surface area contributed by atoms with Crippen LogP contribution in [0.1, 0.15) is 25.7 Å². The molecule has 4 nitrogen and oxygen atoms in total. The highest BCUT2D eigenvalue weighted by molar-refractivity contribution is 9.10. The fourth-order valence-electron chi connectivity index (χ4n) is 3.02. The molecule has 3 rings (SSSR count). The standard InChI is InChI=1S/C20H22BrFN2O2/c21-18-13-15(22)5-10-19(18)26-14-20(25)23-16-6-8-17(9-7-16)24-11-3-1-2-4-12-24/h5-10,13H,1-4,11-12,14H2,(H,23,25). The minimum atomic E-state index is -0.363. The van der Waals surface area contributed by atoms with Crippen LogP contribution in [0, 0.1) is 5.82 Å². The van der Waals surface area contributed by atoms with E-state index in [1.165, 1.54) is 49.6 Å². The summed E-state index contributed by atoms with van der Waals surface area (Å²) in [5.74, 6) is -0.194. The molecule has 0 saturated carbocycles. The molecule has 1 fully saturated rings. The maximum Gasteiger partial charge on any atom is 0.262 e. The van der Waals surface area contributed by atoms with Gasteiger partial charge in [-0.3, -0.25) is 4.79 Å². The number of ether oxygens (including phenoxy) is 1. The molecule has 0 aliphatic carbocycles. The van der Waals surface area contributed by atoms with Gasteiger partial charge in [0.1, 0.15) is 11.6 Å². The molecule has 1 aliphatic rings. The second kappa shape index (κ2) is 9.03. The van der Waals surface area contributed by atoms with E-state index in [0.717, 1.165) is 18.8 Å². The van der Waals surface area contributed by atoms with Gasteiger partial charge in [0.15, 0.2) is 6.61 Å². The fourth-order valence-corrected chi connectivity index (χ4v) is 3.48. The third-order valence-electron chi connectivity index (χ3n) is 4.37. The maximum absolute atomic E-state index is 13.1. The van der Waals surface area contributed by atoms with Crippen LogP contribution in [0.15, 0.2) is 46.9 Å². The number of hydrogen-bond acceptors (Lipinski definition) is 3. The van der Waals surface area contributed by atoms with Crippen molar-refractivity contribution in [2.75, 3.05) is 29.9 Å². The molecule has 0 unspecified atom stereocenters. The Balaban J connectivity index is 1.52. The SMILES string of the molecule is O=C(COc1ccc(F)cc1Br)Nc1ccc(N2CCCCCC2)cc1. The lowest BCUT2D eigenvalue weighted by molar-refractivity contribution is -0.118. The third kappa shape index (κ3) is 5.21. The topological polar surface area (TPSA) is 41.6 Å². The van der Waals surface area contributed by atoms with Crippen LogP contribution in [-0.2, 0) is 4.79 Å². The monoisotopic (exact) mass is 420 g/mol. The number of nitrogens with one attached hydrogen (secondary N) is 1. The molecule has 0 aromatic heterocycles. The molecule has 1 N–H and O–H groups in total. The summed E-state index contributed by atoms with van der Waals surface area (Å²) in [6.07, 6.45) is 5.06. The van der Waals surface area contributed by atoms with E-state index in [1.54, 1.807) is 0 Å². The first kappa shape index (κ1) is 18.7. The molecule has 1 saturated heterocycles. The minimum absolute atomic E-state index is 0.141. The Morgan fingerprint density at radius 3 is 2.42 bits per heavy atom. The lowest BCUT2D eigenvalue weighted by Crippen LogP contribution is -2.24. The van der Waals surface area contributed by atoms with Gasteiger partial charge in [0.25, 0.3) is 5.91 Å². The smallest absolute Gasteiger partial charge is 0.262 e. The van der Waals surface area contributed by atoms with Crippen molar-refractivity contribution in [3.05, 3.63) is 52.8 Å². The molecule has 2 aromatic carbocycles. The first-order valence-corrected chi connectivity index (χ1v) is 9.64. The molecule has 26 heavy (non-hydrogen) atoms. The summed E-state index contributed by atoms with van der Waals surface area (Å²) in [7, 11) is 0. The average molecular weight is 421 g/mol. The van der Waals surface area contributed by atoms with E-state index in [-0.39, 0.29) is 18.3 Å². The Morgan fingerprint density at radius 1 is 1.08 bits per heavy atom. The number of hydrogen-bond donors (Lipinski definition) is 1. The molecule has 1 aliphatic heterocycles. The zero-order valence-corrected chi connectivity index (χ0v) is 16.1. The number of amides is 1. The lowest BCUT2D eigenvalue weighted by atomic mass is 10.2. The van der Waals surface area contributed by atoms with Gasteiger partial charge in [-0.25, -0.2) is 4.39 Å². The van der Waals surface area contributed by atoms with Crippen LogP contribution in [0.5, 0.6) is 5.75 Å². The van der Waals surface area contributed by atoms with Gasteiger partial charge < -0.3 is 15.0 Å². The minimum Gasteiger partial charge on any atom is -0.483 e. The van der Waals surface area contributed by atoms with E-state index in [2.05, 4.69) is 26.1 Å². The van der Waals surface area contributed by atoms with Crippen molar-refractivity contribution in [1.82, 2.24) is 0 Å². The second-order valence-electron chi connectivity index (χ2n) is 6.36. The van der Waals surface area contributed by atoms with Gasteiger partial charge in [-0.15, -0.1) is 0 Å². The number of rotatable bonds is 5. The number of anilines is 2. The molecular weight excluding hydrogens is 399 g/mol. The van der Waals surface area contributed by atoms with E-state index in [9.17, 15) is 9.18 Å². The highest BCUT2D eigenvalue weighted by atomic mass is 79.9. The van der Waals surface area contributed by atoms with Crippen LogP contribution in [0.25, 0.3) is 0 Å². The van der Waals surface area contributed by atoms with Crippen LogP contribution in [0.3, 0.4) is 0 Å². The zero-order valence-electron chi connectivity index (χ0n) is 14.5. The summed E-state index contributed by atoms with van der Waals surface area (Å²) in [5.41, 5.74) is 1.92. The summed E-state index contributed by atoms with van der Waals surface area (Å²) in [6, 6.07) is 12.0. The normalized spacial score (nSPS) is 14.6. The molecular formula is C20H22BrFN2O2. The largest absolute Gasteiger partial charge is 0.483 e. The summed E-state index contributed by atoms with van der Waals surface area (Å²) >= 11 is 3.21. The Morgan fingerprint density at radius 2 is 1.77 bits per heavy atom. The zero-order chi connectivity index (χ0) is 18.4. The van der Waals surface area contributed by atoms with Crippen LogP contribution in [0.2, 0.25) is 0 Å². The van der Waals surface area contributed by atoms with Crippen LogP contribution < -0.4 is 15.0 Å². The molecule has 1 amide bonds. The Labute approximate surface area is 161 Å². The van der Waals surface area contributed by atoms with Crippen molar-refractivity contribution < 1.29 is 13.9 Å². The van der Waals surface area contributed by atoms with Gasteiger partial charge in [-0.05, 0) is 71.2 Å². The van der Waals surface area contributed by atoms with Crippen molar-refractivity contribution in [3.63, 3.8) is 0 Å². The second-order valence-corrected chi connectivity index (χ2v) is 7.21. The first-order valence-electron chi connectivity index (χ1n) is 8.84. The average Bonchev–Trinajstić information content (AvgIpc) is 2.91. The summed E-state index contributed by atoms with van der Waals surface area (Å²) in [5, 5.41) is 2.81. The first-order chi connectivity index (χ1) is 12.6. The number of carbonyl (C=O) groups excluding carboxylic acids is 1. The predicted octanol–water partition coefficient (Wildman–Crippen LogP) is 4.99. The number of nitrogens with zero attached hydrogens (tertiary/aromatic N) is 1. The molecule has 0 bridgehead atoms. The summed E-state index contributed by atoms with van der Waals surface area (Å²) in [6.45, 7) is 2.04. The third-order valence-corrected chi connectivity index (χ3v) is 4.99. The van der Waals surface area contributed by atoms with Gasteiger partial charge >= 0.3 is 0 Å². The van der Waals surface area contributed by atoms with E-state index in [1.807, 2.05) is 24.3 Å². The van der Waals surface area contributed by atoms with Gasteiger partial charge in [-0.1, -0.05) is 12.8 Å². The Kier molecular flexibility index (Phi) is 6.50. The van der Waals surface area contributed by atoms with Crippen molar-refractivity contribution in [1.29, 1.82) is 0 Å². The fraction of sp³-hybridized carbons (Fsp3) is 0.350. The van der Waals surface area contributed by atoms with Crippen LogP contribution >= 0.6 is 15.9 Å². The van der Waals surface area contributed by atoms with Gasteiger partial charge in [-0.2, -0.15) is 0 Å². The van der Waals surface area contributed by atoms with Crippen molar-refractivity contribution >= 4 is 33.2 Å². The quantitative estimate of drug-likeness (QED) is 0.740. The van der Waals surface area contributed by atoms with Crippen LogP contribution in [0.4, 0.5) is 15.8 Å². The number of benzene rings is 2. The molecule has 1 heterocycles. The Bertz CT molecular complexity index is 744. The molecule has 6 heteroatoms. The predicted molar refractivity (Wildman–Crippen MR) is 105 cm³/mol. The van der Waals surface area contributed by atoms with Gasteiger partial charge in [0.05, 0.1) is 4.47 Å². The van der Waals surface area contributed by atoms with E-state index >= 15 is 0 Å².